The summed E-state index contributed by atoms with van der Waals surface area (Å²) < 4.78 is 0. The highest BCUT2D eigenvalue weighted by atomic mass is 79.9. The van der Waals surface area contributed by atoms with Gasteiger partial charge in [-0.3, -0.25) is 0 Å². The quantitative estimate of drug-likeness (QED) is 0.650. The summed E-state index contributed by atoms with van der Waals surface area (Å²) in [6.45, 7) is 4.26. The van der Waals surface area contributed by atoms with Gasteiger partial charge in [-0.1, -0.05) is 46.8 Å². The topological polar surface area (TPSA) is 87.2 Å². The highest BCUT2D eigenvalue weighted by Crippen LogP contribution is 2.19. The van der Waals surface area contributed by atoms with Crippen molar-refractivity contribution in [1.29, 1.82) is 0 Å². The molecule has 21 heavy (non-hydrogen) atoms. The molecule has 3 rings (SSSR count). The third kappa shape index (κ3) is 2.87. The van der Waals surface area contributed by atoms with Crippen LogP contribution >= 0.6 is 15.9 Å². The molecule has 0 N–H and O–H groups in total. The van der Waals surface area contributed by atoms with E-state index in [0.717, 1.165) is 16.5 Å². The van der Waals surface area contributed by atoms with Gasteiger partial charge in [-0.25, -0.2) is 0 Å². The van der Waals surface area contributed by atoms with E-state index >= 15 is 0 Å². The van der Waals surface area contributed by atoms with E-state index in [9.17, 15) is 0 Å². The van der Waals surface area contributed by atoms with Crippen LogP contribution in [0.4, 0.5) is 0 Å². The Balaban J connectivity index is 1.84. The van der Waals surface area contributed by atoms with Gasteiger partial charge in [0.25, 0.3) is 0 Å². The normalized spacial score (nSPS) is 10.7. The minimum absolute atomic E-state index is 0.539. The predicted molar refractivity (Wildman–Crippen MR) is 80.2 cm³/mol. The minimum atomic E-state index is 0.539. The lowest BCUT2D eigenvalue weighted by Gasteiger charge is -1.97. The van der Waals surface area contributed by atoms with Gasteiger partial charge in [-0.15, -0.1) is 25.2 Å². The van der Waals surface area contributed by atoms with E-state index in [1.54, 1.807) is 4.80 Å². The molecule has 0 aliphatic carbocycles. The molecule has 2 heterocycles. The van der Waals surface area contributed by atoms with Crippen molar-refractivity contribution in [1.82, 2.24) is 40.4 Å². The van der Waals surface area contributed by atoms with Gasteiger partial charge >= 0.3 is 0 Å². The van der Waals surface area contributed by atoms with Crippen molar-refractivity contribution in [3.63, 3.8) is 0 Å². The number of tetrazole rings is 2. The number of halogens is 1. The Kier molecular flexibility index (Phi) is 3.82. The number of alkyl halides is 1. The van der Waals surface area contributed by atoms with Crippen LogP contribution in [-0.2, 0) is 6.54 Å². The Hall–Kier alpha value is -2.42. The van der Waals surface area contributed by atoms with E-state index in [-0.39, 0.29) is 0 Å². The van der Waals surface area contributed by atoms with Gasteiger partial charge in [0.2, 0.25) is 11.6 Å². The lowest BCUT2D eigenvalue weighted by atomic mass is 10.1. The van der Waals surface area contributed by atoms with E-state index in [1.165, 1.54) is 11.0 Å². The smallest absolute Gasteiger partial charge is 0.163 e. The molecule has 0 fully saturated rings. The molecule has 0 atom stereocenters. The maximum atomic E-state index is 4.29. The molecule has 0 unspecified atom stereocenters. The molecule has 0 aliphatic rings. The molecular formula is C12H11BrN8. The molecule has 0 amide bonds. The molecule has 9 heteroatoms. The molecule has 8 nitrogen and oxygen atoms in total. The van der Waals surface area contributed by atoms with E-state index in [0.29, 0.717) is 18.2 Å². The van der Waals surface area contributed by atoms with Crippen molar-refractivity contribution >= 4 is 22.1 Å². The number of rotatable bonds is 5. The fourth-order valence-electron chi connectivity index (χ4n) is 1.72. The summed E-state index contributed by atoms with van der Waals surface area (Å²) in [5.74, 6) is 1.13. The molecule has 3 aromatic rings. The second-order valence-corrected chi connectivity index (χ2v) is 4.88. The van der Waals surface area contributed by atoms with Crippen LogP contribution in [0.3, 0.4) is 0 Å². The van der Waals surface area contributed by atoms with E-state index < -0.39 is 0 Å². The van der Waals surface area contributed by atoms with Crippen molar-refractivity contribution < 1.29 is 0 Å². The van der Waals surface area contributed by atoms with Crippen LogP contribution in [0, 0.1) is 0 Å². The number of aryl methyl sites for hydroxylation is 1. The average molecular weight is 347 g/mol. The van der Waals surface area contributed by atoms with Crippen LogP contribution in [-0.4, -0.2) is 45.7 Å². The first-order chi connectivity index (χ1) is 10.3. The first-order valence-electron chi connectivity index (χ1n) is 6.17. The Bertz CT molecular complexity index is 745. The van der Waals surface area contributed by atoms with Crippen LogP contribution in [0.25, 0.3) is 29.0 Å². The van der Waals surface area contributed by atoms with Gasteiger partial charge < -0.3 is 0 Å². The van der Waals surface area contributed by atoms with Gasteiger partial charge in [-0.05, 0) is 10.4 Å². The average Bonchev–Trinajstić information content (AvgIpc) is 3.17. The summed E-state index contributed by atoms with van der Waals surface area (Å²) in [4.78, 5) is 2.87. The lowest BCUT2D eigenvalue weighted by Crippen LogP contribution is -2.02. The second kappa shape index (κ2) is 5.92. The number of aromatic nitrogens is 8. The van der Waals surface area contributed by atoms with Crippen molar-refractivity contribution in [2.75, 3.05) is 5.33 Å². The largest absolute Gasteiger partial charge is 0.205 e. The van der Waals surface area contributed by atoms with E-state index in [4.69, 9.17) is 0 Å². The number of nitrogens with zero attached hydrogens (tertiary/aromatic N) is 8. The third-order valence-electron chi connectivity index (χ3n) is 2.73. The highest BCUT2D eigenvalue weighted by Gasteiger charge is 2.08. The Morgan fingerprint density at radius 1 is 1.00 bits per heavy atom. The molecule has 0 saturated carbocycles. The first kappa shape index (κ1) is 13.6. The molecule has 0 bridgehead atoms. The Morgan fingerprint density at radius 2 is 1.62 bits per heavy atom. The van der Waals surface area contributed by atoms with Crippen molar-refractivity contribution in [3.8, 4) is 22.8 Å². The summed E-state index contributed by atoms with van der Waals surface area (Å²) in [7, 11) is 0. The Morgan fingerprint density at radius 3 is 2.19 bits per heavy atom. The zero-order valence-electron chi connectivity index (χ0n) is 11.0. The van der Waals surface area contributed by atoms with Crippen LogP contribution < -0.4 is 0 Å². The molecule has 0 aliphatic heterocycles. The summed E-state index contributed by atoms with van der Waals surface area (Å²) >= 11 is 3.34. The lowest BCUT2D eigenvalue weighted by molar-refractivity contribution is 0.559. The second-order valence-electron chi connectivity index (χ2n) is 4.09. The molecule has 106 valence electrons. The summed E-state index contributed by atoms with van der Waals surface area (Å²) in [6.07, 6.45) is 1.48. The standard InChI is InChI=1S/C12H11BrN8/c1-2-20-16-11(14-18-20)9-3-5-10(6-4-9)12-15-19-21(17-12)8-7-13/h2-6H,1,7-8H2. The van der Waals surface area contributed by atoms with Crippen molar-refractivity contribution in [2.45, 2.75) is 6.54 Å². The highest BCUT2D eigenvalue weighted by molar-refractivity contribution is 9.09. The number of benzene rings is 1. The fourth-order valence-corrected chi connectivity index (χ4v) is 2.03. The van der Waals surface area contributed by atoms with Crippen molar-refractivity contribution in [2.24, 2.45) is 0 Å². The van der Waals surface area contributed by atoms with E-state index in [2.05, 4.69) is 53.3 Å². The minimum Gasteiger partial charge on any atom is -0.163 e. The van der Waals surface area contributed by atoms with Gasteiger partial charge in [-0.2, -0.15) is 4.80 Å². The Labute approximate surface area is 128 Å². The van der Waals surface area contributed by atoms with Crippen LogP contribution in [0.1, 0.15) is 0 Å². The van der Waals surface area contributed by atoms with Gasteiger partial charge in [0.15, 0.2) is 0 Å². The van der Waals surface area contributed by atoms with Gasteiger partial charge in [0.05, 0.1) is 6.54 Å². The number of hydrogen-bond acceptors (Lipinski definition) is 6. The van der Waals surface area contributed by atoms with Crippen LogP contribution in [0.2, 0.25) is 0 Å². The maximum absolute atomic E-state index is 4.29. The zero-order valence-corrected chi connectivity index (χ0v) is 12.5. The molecule has 0 saturated heterocycles. The first-order valence-corrected chi connectivity index (χ1v) is 7.29. The fraction of sp³-hybridized carbons (Fsp3) is 0.167. The van der Waals surface area contributed by atoms with Crippen LogP contribution in [0.5, 0.6) is 0 Å². The molecule has 2 aromatic heterocycles. The summed E-state index contributed by atoms with van der Waals surface area (Å²) in [6, 6.07) is 7.59. The molecule has 0 spiro atoms. The summed E-state index contributed by atoms with van der Waals surface area (Å²) in [5, 5.41) is 25.0. The summed E-state index contributed by atoms with van der Waals surface area (Å²) in [5.41, 5.74) is 1.75. The third-order valence-corrected chi connectivity index (χ3v) is 3.08. The molecule has 1 aromatic carbocycles. The predicted octanol–water partition coefficient (Wildman–Crippen LogP) is 1.49. The van der Waals surface area contributed by atoms with Crippen molar-refractivity contribution in [3.05, 3.63) is 30.8 Å². The zero-order chi connectivity index (χ0) is 14.7. The molecule has 0 radical (unpaired) electrons. The monoisotopic (exact) mass is 346 g/mol. The van der Waals surface area contributed by atoms with E-state index in [1.807, 2.05) is 24.3 Å². The SMILES string of the molecule is C=Cn1nnc(-c2ccc(-c3nnn(CCBr)n3)cc2)n1. The number of hydrogen-bond donors (Lipinski definition) is 0. The van der Waals surface area contributed by atoms with Gasteiger partial charge in [0, 0.05) is 22.7 Å². The van der Waals surface area contributed by atoms with Gasteiger partial charge in [0.1, 0.15) is 0 Å². The van der Waals surface area contributed by atoms with Crippen LogP contribution in [0.15, 0.2) is 30.8 Å². The molecular weight excluding hydrogens is 336 g/mol. The maximum Gasteiger partial charge on any atom is 0.205 e.